The molecule has 0 aliphatic rings. The van der Waals surface area contributed by atoms with E-state index in [9.17, 15) is 39.6 Å². The molecule has 0 fully saturated rings. The van der Waals surface area contributed by atoms with Gasteiger partial charge in [0.15, 0.2) is 5.60 Å². The number of hydrogen-bond donors (Lipinski definition) is 7. The number of aliphatic hydroxyl groups is 1. The molecule has 8 N–H and O–H groups in total. The molecule has 0 bridgehead atoms. The Morgan fingerprint density at radius 1 is 0.922 bits per heavy atom. The molecule has 0 radical (unpaired) electrons. The average molecular weight is 718 g/mol. The number of rotatable bonds is 29. The van der Waals surface area contributed by atoms with Crippen LogP contribution in [0.2, 0.25) is 0 Å². The molecule has 0 heterocycles. The number of nitrogens with one attached hydrogen (secondary N) is 2. The van der Waals surface area contributed by atoms with Crippen molar-refractivity contribution in [3.05, 3.63) is 65.4 Å². The van der Waals surface area contributed by atoms with E-state index in [0.29, 0.717) is 43.9 Å². The van der Waals surface area contributed by atoms with E-state index in [4.69, 9.17) is 15.3 Å². The SMILES string of the molecule is CCCCCCC/C(=C/CCCCCC=C[C@H](C(=O)N[C@@H](Cc1ccc(OCC=C(C)C)cc1)C(=O)O)[C@@](O)(CC(=O)O)C(=O)O)NOCCN. The number of amides is 1. The van der Waals surface area contributed by atoms with Crippen molar-refractivity contribution in [3.8, 4) is 5.75 Å². The van der Waals surface area contributed by atoms with Gasteiger partial charge in [-0.3, -0.25) is 19.9 Å². The number of hydroxylamine groups is 1. The molecule has 3 atom stereocenters. The van der Waals surface area contributed by atoms with Crippen molar-refractivity contribution in [1.29, 1.82) is 0 Å². The van der Waals surface area contributed by atoms with E-state index in [1.807, 2.05) is 19.9 Å². The summed E-state index contributed by atoms with van der Waals surface area (Å²) in [6, 6.07) is 5.13. The highest BCUT2D eigenvalue weighted by molar-refractivity contribution is 5.94. The molecule has 1 rings (SSSR count). The number of aliphatic carboxylic acids is 3. The first-order valence-corrected chi connectivity index (χ1v) is 17.8. The normalized spacial score (nSPS) is 13.9. The number of carbonyl (C=O) groups excluding carboxylic acids is 1. The van der Waals surface area contributed by atoms with E-state index in [0.717, 1.165) is 55.9 Å². The van der Waals surface area contributed by atoms with Crippen LogP contribution in [0.3, 0.4) is 0 Å². The number of carbonyl (C=O) groups is 4. The van der Waals surface area contributed by atoms with Gasteiger partial charge in [0, 0.05) is 18.7 Å². The lowest BCUT2D eigenvalue weighted by Gasteiger charge is -2.29. The van der Waals surface area contributed by atoms with E-state index in [2.05, 4.69) is 23.8 Å². The van der Waals surface area contributed by atoms with Gasteiger partial charge in [0.1, 0.15) is 18.4 Å². The van der Waals surface area contributed by atoms with Gasteiger partial charge < -0.3 is 36.2 Å². The number of hydrogen-bond acceptors (Lipinski definition) is 9. The van der Waals surface area contributed by atoms with Crippen molar-refractivity contribution in [2.75, 3.05) is 19.8 Å². The summed E-state index contributed by atoms with van der Waals surface area (Å²) >= 11 is 0. The largest absolute Gasteiger partial charge is 0.490 e. The highest BCUT2D eigenvalue weighted by atomic mass is 16.6. The van der Waals surface area contributed by atoms with Gasteiger partial charge in [-0.1, -0.05) is 75.0 Å². The minimum Gasteiger partial charge on any atom is -0.490 e. The van der Waals surface area contributed by atoms with E-state index in [-0.39, 0.29) is 6.42 Å². The van der Waals surface area contributed by atoms with Gasteiger partial charge in [0.05, 0.1) is 18.9 Å². The molecule has 0 saturated heterocycles. The molecule has 13 heteroatoms. The first-order valence-electron chi connectivity index (χ1n) is 17.8. The van der Waals surface area contributed by atoms with E-state index < -0.39 is 47.8 Å². The number of carboxylic acids is 3. The molecule has 1 aromatic carbocycles. The predicted molar refractivity (Wildman–Crippen MR) is 195 cm³/mol. The Bertz CT molecular complexity index is 1290. The summed E-state index contributed by atoms with van der Waals surface area (Å²) in [5.74, 6) is -7.37. The summed E-state index contributed by atoms with van der Waals surface area (Å²) in [6.45, 7) is 7.25. The third-order valence-corrected chi connectivity index (χ3v) is 8.07. The third kappa shape index (κ3) is 19.1. The van der Waals surface area contributed by atoms with Gasteiger partial charge in [-0.2, -0.15) is 0 Å². The third-order valence-electron chi connectivity index (χ3n) is 8.07. The van der Waals surface area contributed by atoms with Gasteiger partial charge in [0.2, 0.25) is 5.91 Å². The smallest absolute Gasteiger partial charge is 0.337 e. The summed E-state index contributed by atoms with van der Waals surface area (Å²) in [4.78, 5) is 54.6. The van der Waals surface area contributed by atoms with Crippen molar-refractivity contribution in [2.45, 2.75) is 116 Å². The summed E-state index contributed by atoms with van der Waals surface area (Å²) in [7, 11) is 0. The van der Waals surface area contributed by atoms with Crippen LogP contribution >= 0.6 is 0 Å². The summed E-state index contributed by atoms with van der Waals surface area (Å²) in [5.41, 5.74) is 8.17. The van der Waals surface area contributed by atoms with Crippen LogP contribution in [-0.4, -0.2) is 75.6 Å². The zero-order valence-corrected chi connectivity index (χ0v) is 30.4. The maximum atomic E-state index is 13.4. The highest BCUT2D eigenvalue weighted by Gasteiger charge is 2.49. The van der Waals surface area contributed by atoms with Crippen molar-refractivity contribution in [3.63, 3.8) is 0 Å². The van der Waals surface area contributed by atoms with Gasteiger partial charge in [0.25, 0.3) is 0 Å². The van der Waals surface area contributed by atoms with Gasteiger partial charge >= 0.3 is 17.9 Å². The Hall–Kier alpha value is -4.20. The molecule has 0 aliphatic heterocycles. The monoisotopic (exact) mass is 717 g/mol. The van der Waals surface area contributed by atoms with Crippen molar-refractivity contribution in [1.82, 2.24) is 10.8 Å². The summed E-state index contributed by atoms with van der Waals surface area (Å²) < 4.78 is 5.62. The fourth-order valence-electron chi connectivity index (χ4n) is 5.14. The molecule has 1 aromatic rings. The van der Waals surface area contributed by atoms with Crippen molar-refractivity contribution < 1.29 is 49.2 Å². The molecule has 51 heavy (non-hydrogen) atoms. The zero-order chi connectivity index (χ0) is 38.1. The second-order valence-electron chi connectivity index (χ2n) is 12.8. The molecule has 13 nitrogen and oxygen atoms in total. The number of allylic oxidation sites excluding steroid dienone is 4. The maximum absolute atomic E-state index is 13.4. The Labute approximate surface area is 301 Å². The number of ether oxygens (including phenoxy) is 1. The van der Waals surface area contributed by atoms with Gasteiger partial charge in [-0.25, -0.2) is 9.59 Å². The average Bonchev–Trinajstić information content (AvgIpc) is 3.06. The van der Waals surface area contributed by atoms with E-state index in [1.54, 1.807) is 24.3 Å². The van der Waals surface area contributed by atoms with E-state index in [1.165, 1.54) is 25.3 Å². The Kier molecular flexibility index (Phi) is 22.6. The second-order valence-corrected chi connectivity index (χ2v) is 12.8. The van der Waals surface area contributed by atoms with Crippen LogP contribution in [0, 0.1) is 5.92 Å². The molecule has 1 amide bonds. The molecule has 0 spiro atoms. The maximum Gasteiger partial charge on any atom is 0.337 e. The zero-order valence-electron chi connectivity index (χ0n) is 30.4. The van der Waals surface area contributed by atoms with Crippen molar-refractivity contribution >= 4 is 23.8 Å². The lowest BCUT2D eigenvalue weighted by atomic mass is 9.82. The molecular weight excluding hydrogens is 658 g/mol. The number of benzene rings is 1. The number of unbranched alkanes of at least 4 members (excludes halogenated alkanes) is 8. The minimum absolute atomic E-state index is 0.153. The highest BCUT2D eigenvalue weighted by Crippen LogP contribution is 2.26. The van der Waals surface area contributed by atoms with Crippen LogP contribution in [0.4, 0.5) is 0 Å². The Morgan fingerprint density at radius 3 is 2.20 bits per heavy atom. The molecule has 0 aliphatic carbocycles. The minimum atomic E-state index is -3.02. The topological polar surface area (TPSA) is 218 Å². The standard InChI is InChI=1S/C38H59N3O10/c1-4-5-6-9-12-15-30(41-51-25-23-39)16-13-10-7-8-11-14-17-32(38(49,37(47)48)27-34(42)43)35(44)40-33(36(45)46)26-29-18-20-31(21-19-29)50-24-22-28(2)3/h14,16-22,32-33,41,49H,4-13,15,23-27,39H2,1-3H3,(H,40,44)(H,42,43)(H,45,46)(H,47,48)/b17-14?,30-16-/t32-,33+,38+/m1/s1. The molecule has 0 aromatic heterocycles. The lowest BCUT2D eigenvalue weighted by molar-refractivity contribution is -0.172. The molecule has 0 unspecified atom stereocenters. The molecule has 286 valence electrons. The lowest BCUT2D eigenvalue weighted by Crippen LogP contribution is -2.55. The van der Waals surface area contributed by atoms with Crippen LogP contribution in [0.5, 0.6) is 5.75 Å². The predicted octanol–water partition coefficient (Wildman–Crippen LogP) is 5.28. The quantitative estimate of drug-likeness (QED) is 0.0320. The Balaban J connectivity index is 2.92. The first-order chi connectivity index (χ1) is 24.3. The summed E-state index contributed by atoms with van der Waals surface area (Å²) in [5, 5.41) is 42.3. The fourth-order valence-corrected chi connectivity index (χ4v) is 5.14. The fraction of sp³-hybridized carbons (Fsp3) is 0.579. The molecular formula is C38H59N3O10. The van der Waals surface area contributed by atoms with Crippen LogP contribution in [0.1, 0.15) is 103 Å². The van der Waals surface area contributed by atoms with Crippen LogP contribution in [-0.2, 0) is 30.4 Å². The Morgan fingerprint density at radius 2 is 1.59 bits per heavy atom. The number of carboxylic acid groups (broad SMARTS) is 3. The first kappa shape index (κ1) is 44.8. The van der Waals surface area contributed by atoms with Gasteiger partial charge in [-0.15, -0.1) is 0 Å². The molecule has 0 saturated carbocycles. The van der Waals surface area contributed by atoms with E-state index >= 15 is 0 Å². The van der Waals surface area contributed by atoms with Crippen LogP contribution < -0.4 is 21.3 Å². The summed E-state index contributed by atoms with van der Waals surface area (Å²) in [6.07, 6.45) is 15.5. The van der Waals surface area contributed by atoms with Crippen LogP contribution in [0.15, 0.2) is 59.8 Å². The number of nitrogens with two attached hydrogens (primary N) is 1. The van der Waals surface area contributed by atoms with Crippen LogP contribution in [0.25, 0.3) is 0 Å². The second kappa shape index (κ2) is 25.7. The van der Waals surface area contributed by atoms with Crippen molar-refractivity contribution in [2.24, 2.45) is 11.7 Å². The van der Waals surface area contributed by atoms with Gasteiger partial charge in [-0.05, 0) is 76.1 Å².